The largest absolute Gasteiger partial charge is 0.493 e. The number of anilines is 1. The highest BCUT2D eigenvalue weighted by molar-refractivity contribution is 5.88. The molecule has 0 atom stereocenters. The van der Waals surface area contributed by atoms with Crippen molar-refractivity contribution in [1.29, 1.82) is 0 Å². The predicted octanol–water partition coefficient (Wildman–Crippen LogP) is 7.06. The maximum atomic E-state index is 6.20. The molecule has 0 aliphatic heterocycles. The molecule has 5 heteroatoms. The molecule has 1 N–H and O–H groups in total. The molecule has 5 nitrogen and oxygen atoms in total. The van der Waals surface area contributed by atoms with Crippen LogP contribution in [-0.4, -0.2) is 25.2 Å². The van der Waals surface area contributed by atoms with Gasteiger partial charge in [0.05, 0.1) is 19.7 Å². The third-order valence-electron chi connectivity index (χ3n) is 6.61. The zero-order valence-corrected chi connectivity index (χ0v) is 19.8. The SMILES string of the molecule is COc1cc2nccc(Oc3ccc(NC4CCC(C(C)(C)C)CC4)cc3)c2cc1OC. The van der Waals surface area contributed by atoms with E-state index in [1.165, 1.54) is 25.7 Å². The summed E-state index contributed by atoms with van der Waals surface area (Å²) in [5.41, 5.74) is 2.35. The van der Waals surface area contributed by atoms with Crippen molar-refractivity contribution in [2.75, 3.05) is 19.5 Å². The highest BCUT2D eigenvalue weighted by atomic mass is 16.5. The van der Waals surface area contributed by atoms with Crippen LogP contribution in [0.1, 0.15) is 46.5 Å². The number of benzene rings is 2. The molecule has 1 aliphatic carbocycles. The van der Waals surface area contributed by atoms with E-state index in [-0.39, 0.29) is 0 Å². The standard InChI is InChI=1S/C27H34N2O3/c1-27(2,3)18-6-8-19(9-7-18)29-20-10-12-21(13-11-20)32-24-14-15-28-23-17-26(31-5)25(30-4)16-22(23)24/h10-19,29H,6-9H2,1-5H3. The van der Waals surface area contributed by atoms with Crippen LogP contribution in [0.2, 0.25) is 0 Å². The van der Waals surface area contributed by atoms with Crippen molar-refractivity contribution in [1.82, 2.24) is 4.98 Å². The molecule has 1 aliphatic rings. The van der Waals surface area contributed by atoms with Crippen LogP contribution in [0.3, 0.4) is 0 Å². The summed E-state index contributed by atoms with van der Waals surface area (Å²) >= 11 is 0. The summed E-state index contributed by atoms with van der Waals surface area (Å²) in [6.45, 7) is 7.09. The van der Waals surface area contributed by atoms with Crippen molar-refractivity contribution in [2.24, 2.45) is 11.3 Å². The van der Waals surface area contributed by atoms with Gasteiger partial charge in [-0.1, -0.05) is 20.8 Å². The summed E-state index contributed by atoms with van der Waals surface area (Å²) in [6, 6.07) is 14.4. The van der Waals surface area contributed by atoms with E-state index in [9.17, 15) is 0 Å². The van der Waals surface area contributed by atoms with Gasteiger partial charge in [-0.25, -0.2) is 0 Å². The Morgan fingerprint density at radius 1 is 0.844 bits per heavy atom. The quantitative estimate of drug-likeness (QED) is 0.450. The van der Waals surface area contributed by atoms with E-state index >= 15 is 0 Å². The minimum atomic E-state index is 0.413. The number of methoxy groups -OCH3 is 2. The Hall–Kier alpha value is -2.95. The lowest BCUT2D eigenvalue weighted by molar-refractivity contribution is 0.173. The first-order valence-corrected chi connectivity index (χ1v) is 11.4. The highest BCUT2D eigenvalue weighted by Gasteiger charge is 2.29. The molecule has 1 saturated carbocycles. The van der Waals surface area contributed by atoms with Gasteiger partial charge in [-0.2, -0.15) is 0 Å². The van der Waals surface area contributed by atoms with Gasteiger partial charge >= 0.3 is 0 Å². The maximum Gasteiger partial charge on any atom is 0.162 e. The lowest BCUT2D eigenvalue weighted by Gasteiger charge is -2.37. The van der Waals surface area contributed by atoms with Crippen molar-refractivity contribution in [2.45, 2.75) is 52.5 Å². The Morgan fingerprint density at radius 3 is 2.12 bits per heavy atom. The fourth-order valence-electron chi connectivity index (χ4n) is 4.62. The fraction of sp³-hybridized carbons (Fsp3) is 0.444. The molecular weight excluding hydrogens is 400 g/mol. The van der Waals surface area contributed by atoms with Gasteiger partial charge in [0.1, 0.15) is 11.5 Å². The second kappa shape index (κ2) is 9.27. The van der Waals surface area contributed by atoms with Crippen LogP contribution in [0.4, 0.5) is 5.69 Å². The Labute approximate surface area is 191 Å². The highest BCUT2D eigenvalue weighted by Crippen LogP contribution is 2.39. The number of nitrogens with zero attached hydrogens (tertiary/aromatic N) is 1. The average Bonchev–Trinajstić information content (AvgIpc) is 2.79. The molecule has 0 bridgehead atoms. The minimum absolute atomic E-state index is 0.413. The molecule has 1 heterocycles. The van der Waals surface area contributed by atoms with E-state index in [1.54, 1.807) is 20.4 Å². The van der Waals surface area contributed by atoms with Crippen LogP contribution in [0.25, 0.3) is 10.9 Å². The molecule has 0 spiro atoms. The smallest absolute Gasteiger partial charge is 0.162 e. The first-order valence-electron chi connectivity index (χ1n) is 11.4. The minimum Gasteiger partial charge on any atom is -0.493 e. The first kappa shape index (κ1) is 22.3. The van der Waals surface area contributed by atoms with Gasteiger partial charge in [0.2, 0.25) is 0 Å². The predicted molar refractivity (Wildman–Crippen MR) is 130 cm³/mol. The molecule has 0 saturated heterocycles. The van der Waals surface area contributed by atoms with E-state index in [1.807, 2.05) is 30.3 Å². The Balaban J connectivity index is 1.44. The zero-order chi connectivity index (χ0) is 22.7. The summed E-state index contributed by atoms with van der Waals surface area (Å²) in [6.07, 6.45) is 6.80. The van der Waals surface area contributed by atoms with E-state index in [2.05, 4.69) is 43.2 Å². The van der Waals surface area contributed by atoms with Crippen LogP contribution in [-0.2, 0) is 0 Å². The van der Waals surface area contributed by atoms with Crippen molar-refractivity contribution in [3.63, 3.8) is 0 Å². The summed E-state index contributed by atoms with van der Waals surface area (Å²) < 4.78 is 17.0. The van der Waals surface area contributed by atoms with Crippen LogP contribution >= 0.6 is 0 Å². The van der Waals surface area contributed by atoms with Gasteiger partial charge in [0.25, 0.3) is 0 Å². The second-order valence-corrected chi connectivity index (χ2v) is 9.72. The molecule has 2 aromatic carbocycles. The Morgan fingerprint density at radius 2 is 1.50 bits per heavy atom. The van der Waals surface area contributed by atoms with Crippen LogP contribution in [0, 0.1) is 11.3 Å². The number of pyridine rings is 1. The average molecular weight is 435 g/mol. The van der Waals surface area contributed by atoms with Crippen LogP contribution in [0.5, 0.6) is 23.0 Å². The lowest BCUT2D eigenvalue weighted by atomic mass is 9.71. The number of nitrogens with one attached hydrogen (secondary N) is 1. The van der Waals surface area contributed by atoms with Gasteiger partial charge < -0.3 is 19.5 Å². The topological polar surface area (TPSA) is 52.6 Å². The molecule has 3 aromatic rings. The summed E-state index contributed by atoms with van der Waals surface area (Å²) in [4.78, 5) is 4.44. The van der Waals surface area contributed by atoms with Crippen LogP contribution in [0.15, 0.2) is 48.7 Å². The monoisotopic (exact) mass is 434 g/mol. The van der Waals surface area contributed by atoms with Crippen LogP contribution < -0.4 is 19.5 Å². The van der Waals surface area contributed by atoms with Gasteiger partial charge in [-0.15, -0.1) is 0 Å². The summed E-state index contributed by atoms with van der Waals surface area (Å²) in [5, 5.41) is 4.58. The number of rotatable bonds is 6. The van der Waals surface area contributed by atoms with Crippen molar-refractivity contribution >= 4 is 16.6 Å². The second-order valence-electron chi connectivity index (χ2n) is 9.72. The summed E-state index contributed by atoms with van der Waals surface area (Å²) in [5.74, 6) is 3.65. The molecule has 1 aromatic heterocycles. The number of hydrogen-bond donors (Lipinski definition) is 1. The number of ether oxygens (including phenoxy) is 3. The van der Waals surface area contributed by atoms with Gasteiger partial charge in [-0.3, -0.25) is 4.98 Å². The van der Waals surface area contributed by atoms with Gasteiger partial charge in [0, 0.05) is 29.4 Å². The number of fused-ring (bicyclic) bond motifs is 1. The van der Waals surface area contributed by atoms with E-state index < -0.39 is 0 Å². The van der Waals surface area contributed by atoms with E-state index in [4.69, 9.17) is 14.2 Å². The maximum absolute atomic E-state index is 6.20. The van der Waals surface area contributed by atoms with Crippen molar-refractivity contribution < 1.29 is 14.2 Å². The molecule has 0 radical (unpaired) electrons. The molecule has 1 fully saturated rings. The molecule has 170 valence electrons. The molecule has 0 amide bonds. The molecular formula is C27H34N2O3. The molecule has 4 rings (SSSR count). The van der Waals surface area contributed by atoms with Gasteiger partial charge in [-0.05, 0) is 73.4 Å². The third-order valence-corrected chi connectivity index (χ3v) is 6.61. The van der Waals surface area contributed by atoms with Crippen molar-refractivity contribution in [3.05, 3.63) is 48.7 Å². The van der Waals surface area contributed by atoms with E-state index in [0.29, 0.717) is 23.0 Å². The summed E-state index contributed by atoms with van der Waals surface area (Å²) in [7, 11) is 3.25. The van der Waals surface area contributed by atoms with Crippen molar-refractivity contribution in [3.8, 4) is 23.0 Å². The lowest BCUT2D eigenvalue weighted by Crippen LogP contribution is -2.31. The third kappa shape index (κ3) is 4.93. The normalized spacial score (nSPS) is 18.9. The fourth-order valence-corrected chi connectivity index (χ4v) is 4.62. The zero-order valence-electron chi connectivity index (χ0n) is 19.8. The number of hydrogen-bond acceptors (Lipinski definition) is 5. The van der Waals surface area contributed by atoms with E-state index in [0.717, 1.165) is 34.0 Å². The van der Waals surface area contributed by atoms with Gasteiger partial charge in [0.15, 0.2) is 11.5 Å². The Bertz CT molecular complexity index is 1050. The number of aromatic nitrogens is 1. The Kier molecular flexibility index (Phi) is 6.45. The molecule has 32 heavy (non-hydrogen) atoms. The first-order chi connectivity index (χ1) is 15.4. The molecule has 0 unspecified atom stereocenters.